The summed E-state index contributed by atoms with van der Waals surface area (Å²) in [5.41, 5.74) is 3.08. The van der Waals surface area contributed by atoms with Crippen LogP contribution in [0.25, 0.3) is 0 Å². The lowest BCUT2D eigenvalue weighted by atomic mass is 9.89. The molecule has 0 aromatic heterocycles. The Kier molecular flexibility index (Phi) is 3.76. The smallest absolute Gasteiger partial charge is 0.231 e. The fraction of sp³-hybridized carbons (Fsp3) is 0.250. The standard InChI is InChI=1S/C16H15NO4.ClH/c18-12-5-9-3-4-17-16(11(9)7-13(12)19)10-1-2-14-15(6-10)21-8-20-14;/h1-2,5-7,16-19H,3-4,8H2;1H. The minimum Gasteiger partial charge on any atom is -0.504 e. The Morgan fingerprint density at radius 3 is 2.64 bits per heavy atom. The Bertz CT molecular complexity index is 720. The molecular weight excluding hydrogens is 306 g/mol. The van der Waals surface area contributed by atoms with Gasteiger partial charge in [-0.25, -0.2) is 0 Å². The summed E-state index contributed by atoms with van der Waals surface area (Å²) in [6.45, 7) is 1.07. The van der Waals surface area contributed by atoms with Gasteiger partial charge in [0.1, 0.15) is 0 Å². The van der Waals surface area contributed by atoms with Gasteiger partial charge >= 0.3 is 0 Å². The average molecular weight is 322 g/mol. The lowest BCUT2D eigenvalue weighted by Crippen LogP contribution is -2.30. The van der Waals surface area contributed by atoms with Gasteiger partial charge in [0.25, 0.3) is 0 Å². The molecular formula is C16H16ClNO4. The Labute approximate surface area is 133 Å². The molecule has 2 aliphatic rings. The number of aromatic hydroxyl groups is 2. The first-order valence-electron chi connectivity index (χ1n) is 6.90. The second-order valence-electron chi connectivity index (χ2n) is 5.29. The molecule has 2 aliphatic heterocycles. The van der Waals surface area contributed by atoms with E-state index in [0.717, 1.165) is 41.2 Å². The van der Waals surface area contributed by atoms with Crippen molar-refractivity contribution in [2.24, 2.45) is 0 Å². The minimum absolute atomic E-state index is 0. The Morgan fingerprint density at radius 2 is 1.77 bits per heavy atom. The number of halogens is 1. The largest absolute Gasteiger partial charge is 0.504 e. The lowest BCUT2D eigenvalue weighted by molar-refractivity contribution is 0.174. The Hall–Kier alpha value is -2.11. The van der Waals surface area contributed by atoms with E-state index in [1.807, 2.05) is 18.2 Å². The third kappa shape index (κ3) is 2.32. The van der Waals surface area contributed by atoms with Crippen molar-refractivity contribution < 1.29 is 19.7 Å². The fourth-order valence-corrected chi connectivity index (χ4v) is 2.97. The number of benzene rings is 2. The Balaban J connectivity index is 0.00000144. The second kappa shape index (κ2) is 5.59. The molecule has 0 saturated carbocycles. The monoisotopic (exact) mass is 321 g/mol. The van der Waals surface area contributed by atoms with E-state index in [1.165, 1.54) is 0 Å². The van der Waals surface area contributed by atoms with Crippen LogP contribution in [0.1, 0.15) is 22.7 Å². The van der Waals surface area contributed by atoms with Gasteiger partial charge in [0.2, 0.25) is 6.79 Å². The van der Waals surface area contributed by atoms with E-state index in [1.54, 1.807) is 12.1 Å². The van der Waals surface area contributed by atoms with Crippen molar-refractivity contribution in [2.45, 2.75) is 12.5 Å². The zero-order valence-electron chi connectivity index (χ0n) is 11.7. The molecule has 22 heavy (non-hydrogen) atoms. The van der Waals surface area contributed by atoms with Gasteiger partial charge in [-0.2, -0.15) is 0 Å². The molecule has 2 aromatic carbocycles. The summed E-state index contributed by atoms with van der Waals surface area (Å²) in [6, 6.07) is 9.09. The highest BCUT2D eigenvalue weighted by Crippen LogP contribution is 2.39. The van der Waals surface area contributed by atoms with Crippen molar-refractivity contribution in [2.75, 3.05) is 13.3 Å². The number of hydrogen-bond donors (Lipinski definition) is 3. The molecule has 2 heterocycles. The predicted molar refractivity (Wildman–Crippen MR) is 83.1 cm³/mol. The van der Waals surface area contributed by atoms with Crippen LogP contribution in [0.15, 0.2) is 30.3 Å². The summed E-state index contributed by atoms with van der Waals surface area (Å²) in [5.74, 6) is 1.33. The number of hydrogen-bond acceptors (Lipinski definition) is 5. The molecule has 0 bridgehead atoms. The van der Waals surface area contributed by atoms with E-state index in [-0.39, 0.29) is 36.7 Å². The second-order valence-corrected chi connectivity index (χ2v) is 5.29. The van der Waals surface area contributed by atoms with Crippen molar-refractivity contribution >= 4 is 12.4 Å². The molecule has 5 nitrogen and oxygen atoms in total. The van der Waals surface area contributed by atoms with Gasteiger partial charge in [0.05, 0.1) is 6.04 Å². The molecule has 2 aromatic rings. The zero-order chi connectivity index (χ0) is 14.4. The highest BCUT2D eigenvalue weighted by molar-refractivity contribution is 5.85. The first kappa shape index (κ1) is 14.8. The van der Waals surface area contributed by atoms with Crippen molar-refractivity contribution in [1.82, 2.24) is 5.32 Å². The third-order valence-electron chi connectivity index (χ3n) is 4.02. The maximum Gasteiger partial charge on any atom is 0.231 e. The molecule has 0 saturated heterocycles. The van der Waals surface area contributed by atoms with Gasteiger partial charge in [-0.3, -0.25) is 0 Å². The van der Waals surface area contributed by atoms with Gasteiger partial charge in [0, 0.05) is 6.54 Å². The van der Waals surface area contributed by atoms with Gasteiger partial charge < -0.3 is 25.0 Å². The van der Waals surface area contributed by atoms with Gasteiger partial charge in [-0.15, -0.1) is 12.4 Å². The van der Waals surface area contributed by atoms with Crippen molar-refractivity contribution in [3.05, 3.63) is 47.0 Å². The summed E-state index contributed by atoms with van der Waals surface area (Å²) in [4.78, 5) is 0. The molecule has 1 unspecified atom stereocenters. The molecule has 1 atom stereocenters. The minimum atomic E-state index is -0.0943. The van der Waals surface area contributed by atoms with Crippen molar-refractivity contribution in [3.8, 4) is 23.0 Å². The number of nitrogens with one attached hydrogen (secondary N) is 1. The van der Waals surface area contributed by atoms with E-state index < -0.39 is 0 Å². The van der Waals surface area contributed by atoms with Crippen LogP contribution in [0.4, 0.5) is 0 Å². The van der Waals surface area contributed by atoms with Crippen LogP contribution in [0, 0.1) is 0 Å². The topological polar surface area (TPSA) is 71.0 Å². The number of ether oxygens (including phenoxy) is 2. The maximum atomic E-state index is 9.77. The highest BCUT2D eigenvalue weighted by Gasteiger charge is 2.25. The summed E-state index contributed by atoms with van der Waals surface area (Å²) in [5, 5.41) is 22.9. The number of phenolic OH excluding ortho intramolecular Hbond substituents is 2. The molecule has 116 valence electrons. The summed E-state index contributed by atoms with van der Waals surface area (Å²) in [7, 11) is 0. The van der Waals surface area contributed by atoms with Crippen LogP contribution in [-0.4, -0.2) is 23.6 Å². The molecule has 6 heteroatoms. The normalized spacial score (nSPS) is 18.5. The van der Waals surface area contributed by atoms with E-state index >= 15 is 0 Å². The van der Waals surface area contributed by atoms with Gasteiger partial charge in [-0.1, -0.05) is 6.07 Å². The molecule has 0 spiro atoms. The SMILES string of the molecule is Cl.Oc1cc2c(cc1O)C(c1ccc3c(c1)OCO3)NCC2. The Morgan fingerprint density at radius 1 is 1.00 bits per heavy atom. The third-order valence-corrected chi connectivity index (χ3v) is 4.02. The molecule has 0 aliphatic carbocycles. The van der Waals surface area contributed by atoms with Crippen molar-refractivity contribution in [1.29, 1.82) is 0 Å². The predicted octanol–water partition coefficient (Wildman–Crippen LogP) is 2.48. The fourth-order valence-electron chi connectivity index (χ4n) is 2.97. The van der Waals surface area contributed by atoms with Crippen LogP contribution >= 0.6 is 12.4 Å². The molecule has 0 amide bonds. The first-order chi connectivity index (χ1) is 10.2. The first-order valence-corrected chi connectivity index (χ1v) is 6.90. The number of fused-ring (bicyclic) bond motifs is 2. The van der Waals surface area contributed by atoms with Crippen molar-refractivity contribution in [3.63, 3.8) is 0 Å². The van der Waals surface area contributed by atoms with E-state index in [4.69, 9.17) is 9.47 Å². The highest BCUT2D eigenvalue weighted by atomic mass is 35.5. The molecule has 0 fully saturated rings. The number of rotatable bonds is 1. The van der Waals surface area contributed by atoms with Crippen LogP contribution in [0.5, 0.6) is 23.0 Å². The van der Waals surface area contributed by atoms with Crippen LogP contribution in [0.3, 0.4) is 0 Å². The van der Waals surface area contributed by atoms with E-state index in [0.29, 0.717) is 0 Å². The van der Waals surface area contributed by atoms with E-state index in [2.05, 4.69) is 5.32 Å². The van der Waals surface area contributed by atoms with Gasteiger partial charge in [0.15, 0.2) is 23.0 Å². The average Bonchev–Trinajstić information content (AvgIpc) is 2.95. The van der Waals surface area contributed by atoms with E-state index in [9.17, 15) is 10.2 Å². The lowest BCUT2D eigenvalue weighted by Gasteiger charge is -2.28. The summed E-state index contributed by atoms with van der Waals surface area (Å²) in [6.07, 6.45) is 0.824. The van der Waals surface area contributed by atoms with Crippen LogP contribution in [0.2, 0.25) is 0 Å². The number of phenols is 2. The molecule has 3 N–H and O–H groups in total. The maximum absolute atomic E-state index is 9.77. The molecule has 4 rings (SSSR count). The van der Waals surface area contributed by atoms with Gasteiger partial charge in [-0.05, 0) is 47.4 Å². The molecule has 0 radical (unpaired) electrons. The summed E-state index contributed by atoms with van der Waals surface area (Å²) >= 11 is 0. The zero-order valence-corrected chi connectivity index (χ0v) is 12.5. The quantitative estimate of drug-likeness (QED) is 0.704. The summed E-state index contributed by atoms with van der Waals surface area (Å²) < 4.78 is 10.8. The van der Waals surface area contributed by atoms with Crippen LogP contribution < -0.4 is 14.8 Å². The van der Waals surface area contributed by atoms with Crippen LogP contribution in [-0.2, 0) is 6.42 Å².